The van der Waals surface area contributed by atoms with E-state index in [1.54, 1.807) is 4.68 Å². The monoisotopic (exact) mass is 379 g/mol. The summed E-state index contributed by atoms with van der Waals surface area (Å²) >= 11 is 0. The SMILES string of the molecule is Fc1ccc(F)cc1.NC(=O)Cn1cc2c(n1)CN([C@H]1COC[C@@H](N)C1)C2. The van der Waals surface area contributed by atoms with Crippen molar-refractivity contribution in [3.63, 3.8) is 0 Å². The van der Waals surface area contributed by atoms with Crippen LogP contribution in [0.4, 0.5) is 8.78 Å². The van der Waals surface area contributed by atoms with E-state index < -0.39 is 11.6 Å². The van der Waals surface area contributed by atoms with Crippen LogP contribution in [0.15, 0.2) is 30.5 Å². The Hall–Kier alpha value is -2.36. The first-order valence-corrected chi connectivity index (χ1v) is 8.72. The molecule has 2 atom stereocenters. The van der Waals surface area contributed by atoms with E-state index in [1.807, 2.05) is 6.20 Å². The molecule has 1 aromatic heterocycles. The molecule has 2 aliphatic heterocycles. The second-order valence-electron chi connectivity index (χ2n) is 6.79. The van der Waals surface area contributed by atoms with E-state index in [-0.39, 0.29) is 18.5 Å². The molecule has 7 nitrogen and oxygen atoms in total. The zero-order valence-corrected chi connectivity index (χ0v) is 14.9. The summed E-state index contributed by atoms with van der Waals surface area (Å²) in [6, 6.07) is 4.80. The van der Waals surface area contributed by atoms with Crippen molar-refractivity contribution in [2.75, 3.05) is 13.2 Å². The summed E-state index contributed by atoms with van der Waals surface area (Å²) in [7, 11) is 0. The maximum atomic E-state index is 11.9. The molecule has 27 heavy (non-hydrogen) atoms. The predicted molar refractivity (Wildman–Crippen MR) is 94.2 cm³/mol. The van der Waals surface area contributed by atoms with Crippen LogP contribution >= 0.6 is 0 Å². The summed E-state index contributed by atoms with van der Waals surface area (Å²) in [6.45, 7) is 3.17. The van der Waals surface area contributed by atoms with Gasteiger partial charge in [-0.05, 0) is 30.7 Å². The normalized spacial score (nSPS) is 22.0. The van der Waals surface area contributed by atoms with Gasteiger partial charge in [0.05, 0.1) is 18.9 Å². The molecule has 0 radical (unpaired) electrons. The van der Waals surface area contributed by atoms with E-state index in [0.29, 0.717) is 12.6 Å². The second kappa shape index (κ2) is 8.55. The number of carbonyl (C=O) groups excluding carboxylic acids is 1. The van der Waals surface area contributed by atoms with Crippen LogP contribution in [0.3, 0.4) is 0 Å². The van der Waals surface area contributed by atoms with E-state index in [1.165, 1.54) is 5.56 Å². The summed E-state index contributed by atoms with van der Waals surface area (Å²) in [5.74, 6) is -1.19. The van der Waals surface area contributed by atoms with Crippen LogP contribution in [-0.4, -0.2) is 45.9 Å². The van der Waals surface area contributed by atoms with Crippen molar-refractivity contribution in [2.24, 2.45) is 11.5 Å². The second-order valence-corrected chi connectivity index (χ2v) is 6.79. The minimum Gasteiger partial charge on any atom is -0.378 e. The van der Waals surface area contributed by atoms with Crippen molar-refractivity contribution in [1.29, 1.82) is 0 Å². The van der Waals surface area contributed by atoms with Crippen molar-refractivity contribution < 1.29 is 18.3 Å². The molecule has 9 heteroatoms. The van der Waals surface area contributed by atoms with E-state index in [2.05, 4.69) is 10.00 Å². The Kier molecular flexibility index (Phi) is 6.15. The Morgan fingerprint density at radius 3 is 2.41 bits per heavy atom. The molecule has 0 spiro atoms. The molecular formula is C18H23F2N5O2. The molecular weight excluding hydrogens is 356 g/mol. The summed E-state index contributed by atoms with van der Waals surface area (Å²) in [4.78, 5) is 13.2. The first-order valence-electron chi connectivity index (χ1n) is 8.72. The third-order valence-corrected chi connectivity index (χ3v) is 4.51. The van der Waals surface area contributed by atoms with Crippen molar-refractivity contribution >= 4 is 5.91 Å². The van der Waals surface area contributed by atoms with Gasteiger partial charge in [0.15, 0.2) is 0 Å². The minimum atomic E-state index is -0.411. The van der Waals surface area contributed by atoms with E-state index >= 15 is 0 Å². The first-order chi connectivity index (χ1) is 12.9. The lowest BCUT2D eigenvalue weighted by atomic mass is 10.1. The number of fused-ring (bicyclic) bond motifs is 1. The smallest absolute Gasteiger partial charge is 0.239 e. The molecule has 1 fully saturated rings. The number of nitrogens with zero attached hydrogens (tertiary/aromatic N) is 3. The molecule has 146 valence electrons. The van der Waals surface area contributed by atoms with Crippen LogP contribution in [0.2, 0.25) is 0 Å². The lowest BCUT2D eigenvalue weighted by Crippen LogP contribution is -2.46. The Bertz CT molecular complexity index is 736. The number of halogens is 2. The molecule has 4 N–H and O–H groups in total. The molecule has 2 aliphatic rings. The van der Waals surface area contributed by atoms with E-state index in [0.717, 1.165) is 56.1 Å². The lowest BCUT2D eigenvalue weighted by Gasteiger charge is -2.33. The summed E-state index contributed by atoms with van der Waals surface area (Å²) in [5.41, 5.74) is 13.3. The van der Waals surface area contributed by atoms with Gasteiger partial charge in [0.2, 0.25) is 5.91 Å². The van der Waals surface area contributed by atoms with Gasteiger partial charge >= 0.3 is 0 Å². The number of benzene rings is 1. The Morgan fingerprint density at radius 1 is 1.19 bits per heavy atom. The number of carbonyl (C=O) groups is 1. The highest BCUT2D eigenvalue weighted by atomic mass is 19.1. The van der Waals surface area contributed by atoms with Gasteiger partial charge in [0.1, 0.15) is 18.2 Å². The number of aromatic nitrogens is 2. The van der Waals surface area contributed by atoms with Crippen molar-refractivity contribution in [2.45, 2.75) is 38.1 Å². The molecule has 0 unspecified atom stereocenters. The van der Waals surface area contributed by atoms with Crippen molar-refractivity contribution in [3.05, 3.63) is 53.4 Å². The number of primary amides is 1. The highest BCUT2D eigenvalue weighted by molar-refractivity contribution is 5.73. The van der Waals surface area contributed by atoms with Gasteiger partial charge in [-0.25, -0.2) is 8.78 Å². The van der Waals surface area contributed by atoms with Crippen LogP contribution in [0.5, 0.6) is 0 Å². The van der Waals surface area contributed by atoms with Gasteiger partial charge in [0.25, 0.3) is 0 Å². The molecule has 0 bridgehead atoms. The van der Waals surface area contributed by atoms with Crippen molar-refractivity contribution in [1.82, 2.24) is 14.7 Å². The van der Waals surface area contributed by atoms with Gasteiger partial charge in [0, 0.05) is 36.9 Å². The van der Waals surface area contributed by atoms with Gasteiger partial charge < -0.3 is 16.2 Å². The average Bonchev–Trinajstić information content (AvgIpc) is 3.16. The molecule has 0 saturated carbocycles. The first kappa shape index (κ1) is 19.4. The molecule has 1 aromatic carbocycles. The number of nitrogens with two attached hydrogens (primary N) is 2. The third kappa shape index (κ3) is 5.31. The fourth-order valence-electron chi connectivity index (χ4n) is 3.26. The number of rotatable bonds is 3. The topological polar surface area (TPSA) is 99.4 Å². The summed E-state index contributed by atoms with van der Waals surface area (Å²) < 4.78 is 31.0. The number of hydrogen-bond donors (Lipinski definition) is 2. The highest BCUT2D eigenvalue weighted by Gasteiger charge is 2.31. The quantitative estimate of drug-likeness (QED) is 0.821. The van der Waals surface area contributed by atoms with E-state index in [4.69, 9.17) is 16.2 Å². The molecule has 4 rings (SSSR count). The largest absolute Gasteiger partial charge is 0.378 e. The number of hydrogen-bond acceptors (Lipinski definition) is 5. The van der Waals surface area contributed by atoms with Crippen LogP contribution in [0, 0.1) is 11.6 Å². The zero-order valence-electron chi connectivity index (χ0n) is 14.9. The fraction of sp³-hybridized carbons (Fsp3) is 0.444. The van der Waals surface area contributed by atoms with Crippen LogP contribution in [-0.2, 0) is 29.2 Å². The van der Waals surface area contributed by atoms with Gasteiger partial charge in [-0.15, -0.1) is 0 Å². The molecule has 0 aliphatic carbocycles. The zero-order chi connectivity index (χ0) is 19.4. The lowest BCUT2D eigenvalue weighted by molar-refractivity contribution is -0.118. The average molecular weight is 379 g/mol. The summed E-state index contributed by atoms with van der Waals surface area (Å²) in [5, 5.41) is 4.40. The fourth-order valence-corrected chi connectivity index (χ4v) is 3.26. The molecule has 3 heterocycles. The molecule has 1 amide bonds. The number of amides is 1. The van der Waals surface area contributed by atoms with Crippen LogP contribution in [0.1, 0.15) is 17.7 Å². The predicted octanol–water partition coefficient (Wildman–Crippen LogP) is 0.765. The molecule has 2 aromatic rings. The van der Waals surface area contributed by atoms with E-state index in [9.17, 15) is 13.6 Å². The minimum absolute atomic E-state index is 0.126. The Labute approximate surface area is 155 Å². The third-order valence-electron chi connectivity index (χ3n) is 4.51. The Balaban J connectivity index is 0.000000221. The van der Waals surface area contributed by atoms with Crippen molar-refractivity contribution in [3.8, 4) is 0 Å². The maximum Gasteiger partial charge on any atom is 0.239 e. The number of ether oxygens (including phenoxy) is 1. The van der Waals surface area contributed by atoms with Gasteiger partial charge in [-0.2, -0.15) is 5.10 Å². The Morgan fingerprint density at radius 2 is 1.85 bits per heavy atom. The van der Waals surface area contributed by atoms with Crippen LogP contribution in [0.25, 0.3) is 0 Å². The van der Waals surface area contributed by atoms with Gasteiger partial charge in [-0.1, -0.05) is 0 Å². The van der Waals surface area contributed by atoms with Gasteiger partial charge in [-0.3, -0.25) is 14.4 Å². The maximum absolute atomic E-state index is 11.9. The summed E-state index contributed by atoms with van der Waals surface area (Å²) in [6.07, 6.45) is 2.87. The highest BCUT2D eigenvalue weighted by Crippen LogP contribution is 2.26. The standard InChI is InChI=1S/C12H19N5O2.C6H4F2/c13-9-1-10(7-19-6-9)16-2-8-3-17(5-12(14)18)15-11(8)4-16;7-5-1-2-6(8)4-3-5/h3,9-10H,1-2,4-7,13H2,(H2,14,18);1-4H/t9-,10+;/m0./s1. The molecule has 1 saturated heterocycles. The van der Waals surface area contributed by atoms with Crippen LogP contribution < -0.4 is 11.5 Å².